The SMILES string of the molecule is Nc1ncnc(Oc2cccc3ncccc23)c1Br. The molecule has 0 aliphatic carbocycles. The molecule has 0 saturated heterocycles. The first-order chi connectivity index (χ1) is 9.25. The lowest BCUT2D eigenvalue weighted by molar-refractivity contribution is 0.464. The molecule has 1 aromatic carbocycles. The number of nitrogens with two attached hydrogens (primary N) is 1. The molecular weight excluding hydrogens is 308 g/mol. The Kier molecular flexibility index (Phi) is 3.00. The van der Waals surface area contributed by atoms with Crippen LogP contribution in [0.4, 0.5) is 5.82 Å². The number of fused-ring (bicyclic) bond motifs is 1. The van der Waals surface area contributed by atoms with Crippen LogP contribution in [0.25, 0.3) is 10.9 Å². The van der Waals surface area contributed by atoms with Gasteiger partial charge < -0.3 is 10.5 Å². The summed E-state index contributed by atoms with van der Waals surface area (Å²) in [5, 5.41) is 0.911. The highest BCUT2D eigenvalue weighted by Crippen LogP contribution is 2.33. The highest BCUT2D eigenvalue weighted by Gasteiger charge is 2.10. The highest BCUT2D eigenvalue weighted by atomic mass is 79.9. The molecule has 0 saturated carbocycles. The summed E-state index contributed by atoms with van der Waals surface area (Å²) in [6, 6.07) is 9.46. The number of anilines is 1. The summed E-state index contributed by atoms with van der Waals surface area (Å²) in [7, 11) is 0. The molecule has 3 rings (SSSR count). The summed E-state index contributed by atoms with van der Waals surface area (Å²) in [5.41, 5.74) is 6.56. The van der Waals surface area contributed by atoms with Gasteiger partial charge >= 0.3 is 0 Å². The lowest BCUT2D eigenvalue weighted by Gasteiger charge is -2.09. The van der Waals surface area contributed by atoms with E-state index >= 15 is 0 Å². The smallest absolute Gasteiger partial charge is 0.238 e. The molecule has 2 aromatic heterocycles. The van der Waals surface area contributed by atoms with E-state index in [1.165, 1.54) is 6.33 Å². The van der Waals surface area contributed by atoms with Gasteiger partial charge in [0, 0.05) is 11.6 Å². The predicted molar refractivity (Wildman–Crippen MR) is 76.0 cm³/mol. The molecule has 19 heavy (non-hydrogen) atoms. The maximum atomic E-state index is 5.79. The molecule has 3 aromatic rings. The van der Waals surface area contributed by atoms with E-state index in [1.807, 2.05) is 30.3 Å². The maximum absolute atomic E-state index is 5.79. The van der Waals surface area contributed by atoms with Gasteiger partial charge in [-0.25, -0.2) is 9.97 Å². The third-order valence-corrected chi connectivity index (χ3v) is 3.34. The van der Waals surface area contributed by atoms with E-state index in [1.54, 1.807) is 6.20 Å². The lowest BCUT2D eigenvalue weighted by atomic mass is 10.2. The van der Waals surface area contributed by atoms with Crippen LogP contribution >= 0.6 is 15.9 Å². The summed E-state index contributed by atoms with van der Waals surface area (Å²) in [6.45, 7) is 0. The van der Waals surface area contributed by atoms with Crippen molar-refractivity contribution in [3.63, 3.8) is 0 Å². The van der Waals surface area contributed by atoms with Crippen molar-refractivity contribution >= 4 is 32.7 Å². The lowest BCUT2D eigenvalue weighted by Crippen LogP contribution is -1.97. The van der Waals surface area contributed by atoms with Gasteiger partial charge in [0.15, 0.2) is 0 Å². The van der Waals surface area contributed by atoms with Crippen molar-refractivity contribution in [2.45, 2.75) is 0 Å². The van der Waals surface area contributed by atoms with Gasteiger partial charge in [-0.05, 0) is 40.2 Å². The second kappa shape index (κ2) is 4.81. The molecule has 0 amide bonds. The number of aromatic nitrogens is 3. The van der Waals surface area contributed by atoms with Crippen molar-refractivity contribution < 1.29 is 4.74 Å². The molecule has 0 aliphatic heterocycles. The number of benzene rings is 1. The van der Waals surface area contributed by atoms with E-state index in [9.17, 15) is 0 Å². The largest absolute Gasteiger partial charge is 0.437 e. The second-order valence-electron chi connectivity index (χ2n) is 3.81. The Bertz CT molecular complexity index is 742. The third-order valence-electron chi connectivity index (χ3n) is 2.60. The van der Waals surface area contributed by atoms with Crippen LogP contribution in [0.1, 0.15) is 0 Å². The maximum Gasteiger partial charge on any atom is 0.238 e. The van der Waals surface area contributed by atoms with Crippen molar-refractivity contribution in [1.82, 2.24) is 15.0 Å². The molecule has 2 heterocycles. The monoisotopic (exact) mass is 316 g/mol. The molecule has 0 bridgehead atoms. The second-order valence-corrected chi connectivity index (χ2v) is 4.60. The summed E-state index contributed by atoms with van der Waals surface area (Å²) in [4.78, 5) is 12.2. The van der Waals surface area contributed by atoms with Crippen LogP contribution in [0.15, 0.2) is 47.3 Å². The van der Waals surface area contributed by atoms with Crippen LogP contribution in [-0.4, -0.2) is 15.0 Å². The highest BCUT2D eigenvalue weighted by molar-refractivity contribution is 9.10. The Morgan fingerprint density at radius 2 is 1.95 bits per heavy atom. The van der Waals surface area contributed by atoms with Crippen LogP contribution < -0.4 is 10.5 Å². The molecule has 2 N–H and O–H groups in total. The Labute approximate surface area is 117 Å². The summed E-state index contributed by atoms with van der Waals surface area (Å²) in [6.07, 6.45) is 3.10. The van der Waals surface area contributed by atoms with E-state index in [2.05, 4.69) is 30.9 Å². The van der Waals surface area contributed by atoms with Crippen LogP contribution in [0, 0.1) is 0 Å². The van der Waals surface area contributed by atoms with Gasteiger partial charge in [0.2, 0.25) is 5.88 Å². The van der Waals surface area contributed by atoms with Crippen LogP contribution in [0.2, 0.25) is 0 Å². The van der Waals surface area contributed by atoms with E-state index in [4.69, 9.17) is 10.5 Å². The minimum atomic E-state index is 0.336. The Morgan fingerprint density at radius 1 is 1.05 bits per heavy atom. The first kappa shape index (κ1) is 11.9. The Balaban J connectivity index is 2.09. The first-order valence-electron chi connectivity index (χ1n) is 5.53. The zero-order chi connectivity index (χ0) is 13.2. The molecule has 5 nitrogen and oxygen atoms in total. The fraction of sp³-hybridized carbons (Fsp3) is 0. The van der Waals surface area contributed by atoms with E-state index in [-0.39, 0.29) is 0 Å². The third kappa shape index (κ3) is 2.22. The standard InChI is InChI=1S/C13H9BrN4O/c14-11-12(15)17-7-18-13(11)19-10-5-1-4-9-8(10)3-2-6-16-9/h1-7H,(H2,15,17,18). The summed E-state index contributed by atoms with van der Waals surface area (Å²) >= 11 is 3.31. The number of hydrogen-bond donors (Lipinski definition) is 1. The van der Waals surface area contributed by atoms with Gasteiger partial charge in [0.05, 0.1) is 5.52 Å². The van der Waals surface area contributed by atoms with Crippen LogP contribution in [0.3, 0.4) is 0 Å². The van der Waals surface area contributed by atoms with Gasteiger partial charge in [-0.1, -0.05) is 6.07 Å². The van der Waals surface area contributed by atoms with Crippen molar-refractivity contribution in [1.29, 1.82) is 0 Å². The molecule has 94 valence electrons. The van der Waals surface area contributed by atoms with Gasteiger partial charge in [-0.15, -0.1) is 0 Å². The quantitative estimate of drug-likeness (QED) is 0.786. The topological polar surface area (TPSA) is 73.9 Å². The van der Waals surface area contributed by atoms with Gasteiger partial charge in [0.25, 0.3) is 0 Å². The average molecular weight is 317 g/mol. The Hall–Kier alpha value is -2.21. The number of rotatable bonds is 2. The molecule has 0 fully saturated rings. The van der Waals surface area contributed by atoms with Crippen LogP contribution in [-0.2, 0) is 0 Å². The minimum absolute atomic E-state index is 0.336. The number of nitrogens with zero attached hydrogens (tertiary/aromatic N) is 3. The number of halogens is 1. The van der Waals surface area contributed by atoms with Gasteiger partial charge in [-0.2, -0.15) is 0 Å². The zero-order valence-corrected chi connectivity index (χ0v) is 11.3. The summed E-state index contributed by atoms with van der Waals surface area (Å²) < 4.78 is 6.32. The van der Waals surface area contributed by atoms with Crippen LogP contribution in [0.5, 0.6) is 11.6 Å². The molecule has 0 unspecified atom stereocenters. The normalized spacial score (nSPS) is 10.6. The van der Waals surface area contributed by atoms with Gasteiger partial charge in [-0.3, -0.25) is 4.98 Å². The van der Waals surface area contributed by atoms with E-state index in [0.29, 0.717) is 21.9 Å². The van der Waals surface area contributed by atoms with Crippen molar-refractivity contribution in [3.05, 3.63) is 47.3 Å². The molecule has 0 spiro atoms. The fourth-order valence-electron chi connectivity index (χ4n) is 1.71. The number of hydrogen-bond acceptors (Lipinski definition) is 5. The van der Waals surface area contributed by atoms with E-state index in [0.717, 1.165) is 10.9 Å². The van der Waals surface area contributed by atoms with Crippen molar-refractivity contribution in [2.75, 3.05) is 5.73 Å². The number of pyridine rings is 1. The molecular formula is C13H9BrN4O. The average Bonchev–Trinajstić information content (AvgIpc) is 2.44. The van der Waals surface area contributed by atoms with E-state index < -0.39 is 0 Å². The minimum Gasteiger partial charge on any atom is -0.437 e. The number of nitrogen functional groups attached to an aromatic ring is 1. The first-order valence-corrected chi connectivity index (χ1v) is 6.32. The molecule has 6 heteroatoms. The Morgan fingerprint density at radius 3 is 2.84 bits per heavy atom. The predicted octanol–water partition coefficient (Wildman–Crippen LogP) is 3.16. The van der Waals surface area contributed by atoms with Gasteiger partial charge in [0.1, 0.15) is 22.4 Å². The van der Waals surface area contributed by atoms with Crippen molar-refractivity contribution in [3.8, 4) is 11.6 Å². The zero-order valence-electron chi connectivity index (χ0n) is 9.75. The number of ether oxygens (including phenoxy) is 1. The van der Waals surface area contributed by atoms with Crippen molar-refractivity contribution in [2.24, 2.45) is 0 Å². The summed E-state index contributed by atoms with van der Waals surface area (Å²) in [5.74, 6) is 1.39. The fourth-order valence-corrected chi connectivity index (χ4v) is 1.99. The molecule has 0 aliphatic rings. The molecule has 0 radical (unpaired) electrons. The molecule has 0 atom stereocenters.